The number of ether oxygens (including phenoxy) is 1. The van der Waals surface area contributed by atoms with Crippen molar-refractivity contribution >= 4 is 33.0 Å². The zero-order chi connectivity index (χ0) is 15.5. The average Bonchev–Trinajstić information content (AvgIpc) is 2.98. The van der Waals surface area contributed by atoms with E-state index < -0.39 is 0 Å². The molecule has 0 aromatic carbocycles. The second-order valence-corrected chi connectivity index (χ2v) is 6.67. The number of aromatic nitrogens is 3. The van der Waals surface area contributed by atoms with Gasteiger partial charge < -0.3 is 10.1 Å². The normalized spacial score (nSPS) is 11.6. The summed E-state index contributed by atoms with van der Waals surface area (Å²) in [5, 5.41) is 10.3. The third kappa shape index (κ3) is 3.69. The summed E-state index contributed by atoms with van der Waals surface area (Å²) in [4.78, 5) is 16.5. The first-order chi connectivity index (χ1) is 9.95. The number of anilines is 1. The van der Waals surface area contributed by atoms with E-state index in [1.165, 1.54) is 4.68 Å². The second kappa shape index (κ2) is 6.67. The maximum Gasteiger partial charge on any atom is 0.283 e. The number of nitrogens with one attached hydrogen (secondary N) is 1. The van der Waals surface area contributed by atoms with Gasteiger partial charge in [0.05, 0.1) is 30.6 Å². The second-order valence-electron chi connectivity index (χ2n) is 4.98. The molecule has 2 aromatic rings. The predicted octanol–water partition coefficient (Wildman–Crippen LogP) is 2.46. The fraction of sp³-hybridized carbons (Fsp3) is 0.462. The van der Waals surface area contributed by atoms with E-state index in [0.717, 1.165) is 5.01 Å². The van der Waals surface area contributed by atoms with Crippen LogP contribution in [0.4, 0.5) is 5.69 Å². The fourth-order valence-corrected chi connectivity index (χ4v) is 2.94. The molecule has 0 bridgehead atoms. The molecule has 2 aromatic heterocycles. The van der Waals surface area contributed by atoms with Crippen LogP contribution in [0.3, 0.4) is 0 Å². The van der Waals surface area contributed by atoms with Gasteiger partial charge in [-0.15, -0.1) is 11.3 Å². The quantitative estimate of drug-likeness (QED) is 0.843. The van der Waals surface area contributed by atoms with Crippen LogP contribution in [-0.2, 0) is 16.8 Å². The Balaban J connectivity index is 2.25. The third-order valence-corrected chi connectivity index (χ3v) is 4.77. The molecule has 21 heavy (non-hydrogen) atoms. The lowest BCUT2D eigenvalue weighted by molar-refractivity contribution is 0.181. The fourth-order valence-electron chi connectivity index (χ4n) is 1.81. The van der Waals surface area contributed by atoms with E-state index in [1.807, 2.05) is 19.2 Å². The first-order valence-corrected chi connectivity index (χ1v) is 8.05. The van der Waals surface area contributed by atoms with E-state index in [0.29, 0.717) is 23.3 Å². The summed E-state index contributed by atoms with van der Waals surface area (Å²) in [6.07, 6.45) is 3.40. The van der Waals surface area contributed by atoms with Gasteiger partial charge in [-0.3, -0.25) is 4.79 Å². The number of nitrogens with zero attached hydrogens (tertiary/aromatic N) is 3. The van der Waals surface area contributed by atoms with Crippen LogP contribution in [0.15, 0.2) is 27.0 Å². The Labute approximate surface area is 135 Å². The van der Waals surface area contributed by atoms with E-state index in [4.69, 9.17) is 4.74 Å². The van der Waals surface area contributed by atoms with Crippen LogP contribution in [0.2, 0.25) is 0 Å². The molecule has 6 nitrogen and oxygen atoms in total. The van der Waals surface area contributed by atoms with Gasteiger partial charge in [0.15, 0.2) is 0 Å². The number of halogens is 1. The summed E-state index contributed by atoms with van der Waals surface area (Å²) in [5.74, 6) is 0. The zero-order valence-corrected chi connectivity index (χ0v) is 14.5. The standard InChI is InChI=1S/C13H17BrN4O2S/c1-13(2,12-15-4-7-21-12)17-9-8-16-18(5-6-20-3)11(19)10(9)14/h4,7-8,17H,5-6H2,1-3H3. The van der Waals surface area contributed by atoms with Crippen LogP contribution >= 0.6 is 27.3 Å². The molecule has 0 fully saturated rings. The zero-order valence-electron chi connectivity index (χ0n) is 12.1. The Bertz CT molecular complexity index is 655. The van der Waals surface area contributed by atoms with Crippen LogP contribution < -0.4 is 10.9 Å². The van der Waals surface area contributed by atoms with Gasteiger partial charge in [0.1, 0.15) is 9.48 Å². The lowest BCUT2D eigenvalue weighted by Crippen LogP contribution is -2.31. The lowest BCUT2D eigenvalue weighted by Gasteiger charge is -2.25. The maximum absolute atomic E-state index is 12.2. The molecule has 0 radical (unpaired) electrons. The largest absolute Gasteiger partial charge is 0.383 e. The molecule has 0 atom stereocenters. The van der Waals surface area contributed by atoms with Crippen molar-refractivity contribution in [2.24, 2.45) is 0 Å². The van der Waals surface area contributed by atoms with Gasteiger partial charge in [-0.05, 0) is 29.8 Å². The van der Waals surface area contributed by atoms with Crippen LogP contribution in [0.1, 0.15) is 18.9 Å². The molecule has 0 saturated heterocycles. The molecule has 1 N–H and O–H groups in total. The Morgan fingerprint density at radius 1 is 1.52 bits per heavy atom. The summed E-state index contributed by atoms with van der Waals surface area (Å²) in [6.45, 7) is 4.88. The molecule has 0 spiro atoms. The lowest BCUT2D eigenvalue weighted by atomic mass is 10.1. The molecule has 0 unspecified atom stereocenters. The monoisotopic (exact) mass is 372 g/mol. The highest BCUT2D eigenvalue weighted by Gasteiger charge is 2.24. The Morgan fingerprint density at radius 3 is 2.90 bits per heavy atom. The smallest absolute Gasteiger partial charge is 0.283 e. The van der Waals surface area contributed by atoms with Crippen molar-refractivity contribution in [3.8, 4) is 0 Å². The van der Waals surface area contributed by atoms with E-state index in [9.17, 15) is 4.79 Å². The van der Waals surface area contributed by atoms with Crippen molar-refractivity contribution < 1.29 is 4.74 Å². The summed E-state index contributed by atoms with van der Waals surface area (Å²) in [6, 6.07) is 0. The van der Waals surface area contributed by atoms with Crippen molar-refractivity contribution in [1.82, 2.24) is 14.8 Å². The molecule has 114 valence electrons. The summed E-state index contributed by atoms with van der Waals surface area (Å²) in [5.41, 5.74) is 0.0737. The van der Waals surface area contributed by atoms with Gasteiger partial charge >= 0.3 is 0 Å². The molecule has 0 aliphatic heterocycles. The average molecular weight is 373 g/mol. The van der Waals surface area contributed by atoms with Gasteiger partial charge in [-0.2, -0.15) is 5.10 Å². The van der Waals surface area contributed by atoms with Crippen molar-refractivity contribution in [1.29, 1.82) is 0 Å². The van der Waals surface area contributed by atoms with E-state index in [1.54, 1.807) is 30.8 Å². The van der Waals surface area contributed by atoms with Crippen LogP contribution in [0.5, 0.6) is 0 Å². The Hall–Kier alpha value is -1.25. The Morgan fingerprint density at radius 2 is 2.29 bits per heavy atom. The first-order valence-electron chi connectivity index (χ1n) is 6.38. The van der Waals surface area contributed by atoms with Gasteiger partial charge in [0.2, 0.25) is 0 Å². The molecular formula is C13H17BrN4O2S. The first kappa shape index (κ1) is 16.1. The Kier molecular flexibility index (Phi) is 5.13. The minimum atomic E-state index is -0.385. The highest BCUT2D eigenvalue weighted by Crippen LogP contribution is 2.29. The number of hydrogen-bond acceptors (Lipinski definition) is 6. The third-order valence-electron chi connectivity index (χ3n) is 2.91. The highest BCUT2D eigenvalue weighted by molar-refractivity contribution is 9.10. The minimum Gasteiger partial charge on any atom is -0.383 e. The summed E-state index contributed by atoms with van der Waals surface area (Å²) >= 11 is 4.91. The molecule has 0 amide bonds. The van der Waals surface area contributed by atoms with Crippen molar-refractivity contribution in [2.45, 2.75) is 25.9 Å². The predicted molar refractivity (Wildman–Crippen MR) is 86.8 cm³/mol. The van der Waals surface area contributed by atoms with Gasteiger partial charge in [0, 0.05) is 18.7 Å². The SMILES string of the molecule is COCCn1ncc(NC(C)(C)c2nccs2)c(Br)c1=O. The van der Waals surface area contributed by atoms with Crippen molar-refractivity contribution in [3.05, 3.63) is 37.6 Å². The van der Waals surface area contributed by atoms with Gasteiger partial charge in [0.25, 0.3) is 5.56 Å². The highest BCUT2D eigenvalue weighted by atomic mass is 79.9. The van der Waals surface area contributed by atoms with Gasteiger partial charge in [-0.1, -0.05) is 0 Å². The van der Waals surface area contributed by atoms with Crippen molar-refractivity contribution in [2.75, 3.05) is 19.0 Å². The van der Waals surface area contributed by atoms with E-state index >= 15 is 0 Å². The van der Waals surface area contributed by atoms with E-state index in [2.05, 4.69) is 31.3 Å². The van der Waals surface area contributed by atoms with Crippen LogP contribution in [0.25, 0.3) is 0 Å². The minimum absolute atomic E-state index is 0.188. The molecule has 2 heterocycles. The molecule has 0 aliphatic carbocycles. The molecule has 2 rings (SSSR count). The maximum atomic E-state index is 12.2. The topological polar surface area (TPSA) is 69.0 Å². The molecule has 8 heteroatoms. The summed E-state index contributed by atoms with van der Waals surface area (Å²) in [7, 11) is 1.59. The number of thiazole rings is 1. The number of rotatable bonds is 6. The number of methoxy groups -OCH3 is 1. The van der Waals surface area contributed by atoms with Crippen LogP contribution in [0, 0.1) is 0 Å². The summed E-state index contributed by atoms with van der Waals surface area (Å²) < 4.78 is 6.79. The van der Waals surface area contributed by atoms with Crippen LogP contribution in [-0.4, -0.2) is 28.5 Å². The number of hydrogen-bond donors (Lipinski definition) is 1. The van der Waals surface area contributed by atoms with Crippen molar-refractivity contribution in [3.63, 3.8) is 0 Å². The van der Waals surface area contributed by atoms with Gasteiger partial charge in [-0.25, -0.2) is 9.67 Å². The molecular weight excluding hydrogens is 356 g/mol. The molecule has 0 aliphatic rings. The molecule has 0 saturated carbocycles. The van der Waals surface area contributed by atoms with E-state index in [-0.39, 0.29) is 11.1 Å².